The molecule has 0 radical (unpaired) electrons. The molecule has 4 nitrogen and oxygen atoms in total. The summed E-state index contributed by atoms with van der Waals surface area (Å²) in [5.41, 5.74) is 1.74. The largest absolute Gasteiger partial charge is 0.325 e. The Hall–Kier alpha value is -2.99. The van der Waals surface area contributed by atoms with Gasteiger partial charge in [-0.1, -0.05) is 53.5 Å². The third-order valence-electron chi connectivity index (χ3n) is 4.99. The first-order valence-corrected chi connectivity index (χ1v) is 11.9. The molecule has 0 saturated heterocycles. The van der Waals surface area contributed by atoms with Crippen LogP contribution in [0.5, 0.6) is 0 Å². The van der Waals surface area contributed by atoms with Gasteiger partial charge in [0.15, 0.2) is 0 Å². The molecule has 1 unspecified atom stereocenters. The predicted octanol–water partition coefficient (Wildman–Crippen LogP) is 7.52. The SMILES string of the molecule is CC(Sc1ccc(NC(=O)c2ccc(Cl)cc2Cl)cc1)C(=O)Nc1ccc2ccccc2c1. The molecule has 0 bridgehead atoms. The summed E-state index contributed by atoms with van der Waals surface area (Å²) >= 11 is 13.4. The van der Waals surface area contributed by atoms with Crippen molar-refractivity contribution < 1.29 is 9.59 Å². The number of carbonyl (C=O) groups excluding carboxylic acids is 2. The number of thioether (sulfide) groups is 1. The number of hydrogen-bond acceptors (Lipinski definition) is 3. The van der Waals surface area contributed by atoms with Crippen LogP contribution in [0.3, 0.4) is 0 Å². The molecule has 1 atom stereocenters. The van der Waals surface area contributed by atoms with Crippen LogP contribution in [0.2, 0.25) is 10.0 Å². The molecule has 0 heterocycles. The molecule has 0 fully saturated rings. The molecule has 166 valence electrons. The minimum absolute atomic E-state index is 0.0787. The van der Waals surface area contributed by atoms with Gasteiger partial charge in [-0.15, -0.1) is 11.8 Å². The summed E-state index contributed by atoms with van der Waals surface area (Å²) in [6.07, 6.45) is 0. The quantitative estimate of drug-likeness (QED) is 0.272. The molecule has 2 amide bonds. The zero-order chi connectivity index (χ0) is 23.4. The Kier molecular flexibility index (Phi) is 7.23. The highest BCUT2D eigenvalue weighted by Gasteiger charge is 2.15. The Labute approximate surface area is 206 Å². The van der Waals surface area contributed by atoms with E-state index in [4.69, 9.17) is 23.2 Å². The first kappa shape index (κ1) is 23.2. The Bertz CT molecular complexity index is 1330. The summed E-state index contributed by atoms with van der Waals surface area (Å²) in [6, 6.07) is 25.9. The van der Waals surface area contributed by atoms with E-state index in [1.165, 1.54) is 17.8 Å². The second-order valence-electron chi connectivity index (χ2n) is 7.41. The van der Waals surface area contributed by atoms with Gasteiger partial charge in [0.1, 0.15) is 0 Å². The lowest BCUT2D eigenvalue weighted by Crippen LogP contribution is -2.22. The van der Waals surface area contributed by atoms with Gasteiger partial charge in [0.2, 0.25) is 5.91 Å². The van der Waals surface area contributed by atoms with Crippen LogP contribution in [-0.4, -0.2) is 17.1 Å². The predicted molar refractivity (Wildman–Crippen MR) is 139 cm³/mol. The summed E-state index contributed by atoms with van der Waals surface area (Å²) in [6.45, 7) is 1.86. The number of carbonyl (C=O) groups is 2. The van der Waals surface area contributed by atoms with Crippen molar-refractivity contribution in [1.82, 2.24) is 0 Å². The molecule has 0 aliphatic carbocycles. The maximum absolute atomic E-state index is 12.7. The van der Waals surface area contributed by atoms with Crippen molar-refractivity contribution in [2.45, 2.75) is 17.1 Å². The lowest BCUT2D eigenvalue weighted by molar-refractivity contribution is -0.115. The van der Waals surface area contributed by atoms with E-state index in [-0.39, 0.29) is 17.1 Å². The highest BCUT2D eigenvalue weighted by molar-refractivity contribution is 8.00. The molecule has 4 rings (SSSR count). The fourth-order valence-corrected chi connectivity index (χ4v) is 4.62. The Morgan fingerprint density at radius 2 is 1.48 bits per heavy atom. The van der Waals surface area contributed by atoms with Gasteiger partial charge in [0.25, 0.3) is 5.91 Å². The summed E-state index contributed by atoms with van der Waals surface area (Å²) in [7, 11) is 0. The Morgan fingerprint density at radius 1 is 0.788 bits per heavy atom. The van der Waals surface area contributed by atoms with Crippen LogP contribution >= 0.6 is 35.0 Å². The van der Waals surface area contributed by atoms with Crippen LogP contribution in [0, 0.1) is 0 Å². The van der Waals surface area contributed by atoms with Crippen LogP contribution < -0.4 is 10.6 Å². The maximum Gasteiger partial charge on any atom is 0.257 e. The summed E-state index contributed by atoms with van der Waals surface area (Å²) in [5.74, 6) is -0.398. The van der Waals surface area contributed by atoms with Crippen molar-refractivity contribution in [3.05, 3.63) is 101 Å². The molecule has 2 N–H and O–H groups in total. The summed E-state index contributed by atoms with van der Waals surface area (Å²) in [5, 5.41) is 8.46. The topological polar surface area (TPSA) is 58.2 Å². The third kappa shape index (κ3) is 5.88. The minimum atomic E-state index is -0.319. The van der Waals surface area contributed by atoms with E-state index in [1.54, 1.807) is 24.3 Å². The highest BCUT2D eigenvalue weighted by atomic mass is 35.5. The number of hydrogen-bond donors (Lipinski definition) is 2. The minimum Gasteiger partial charge on any atom is -0.325 e. The Morgan fingerprint density at radius 3 is 2.21 bits per heavy atom. The highest BCUT2D eigenvalue weighted by Crippen LogP contribution is 2.27. The molecule has 7 heteroatoms. The summed E-state index contributed by atoms with van der Waals surface area (Å²) < 4.78 is 0. The van der Waals surface area contributed by atoms with E-state index in [0.717, 1.165) is 21.4 Å². The molecular weight excluding hydrogens is 475 g/mol. The van der Waals surface area contributed by atoms with Gasteiger partial charge in [-0.3, -0.25) is 9.59 Å². The fraction of sp³-hybridized carbons (Fsp3) is 0.0769. The second kappa shape index (κ2) is 10.3. The van der Waals surface area contributed by atoms with E-state index in [2.05, 4.69) is 10.6 Å². The Balaban J connectivity index is 1.35. The number of anilines is 2. The van der Waals surface area contributed by atoms with E-state index in [0.29, 0.717) is 21.3 Å². The first-order chi connectivity index (χ1) is 15.9. The van der Waals surface area contributed by atoms with Crippen LogP contribution in [0.25, 0.3) is 10.8 Å². The van der Waals surface area contributed by atoms with Crippen molar-refractivity contribution in [2.75, 3.05) is 10.6 Å². The van der Waals surface area contributed by atoms with Crippen LogP contribution in [0.15, 0.2) is 89.8 Å². The van der Waals surface area contributed by atoms with E-state index >= 15 is 0 Å². The van der Waals surface area contributed by atoms with Gasteiger partial charge in [-0.2, -0.15) is 0 Å². The molecule has 0 saturated carbocycles. The lowest BCUT2D eigenvalue weighted by Gasteiger charge is -2.13. The molecule has 0 aliphatic heterocycles. The molecule has 4 aromatic rings. The van der Waals surface area contributed by atoms with Gasteiger partial charge in [0.05, 0.1) is 15.8 Å². The number of amides is 2. The van der Waals surface area contributed by atoms with Crippen molar-refractivity contribution >= 4 is 68.9 Å². The number of nitrogens with one attached hydrogen (secondary N) is 2. The average Bonchev–Trinajstić information content (AvgIpc) is 2.80. The monoisotopic (exact) mass is 494 g/mol. The number of halogens is 2. The van der Waals surface area contributed by atoms with Gasteiger partial charge < -0.3 is 10.6 Å². The second-order valence-corrected chi connectivity index (χ2v) is 9.67. The van der Waals surface area contributed by atoms with Crippen LogP contribution in [0.4, 0.5) is 11.4 Å². The normalized spacial score (nSPS) is 11.7. The molecular formula is C26H20Cl2N2O2S. The van der Waals surface area contributed by atoms with E-state index in [9.17, 15) is 9.59 Å². The van der Waals surface area contributed by atoms with Gasteiger partial charge in [-0.25, -0.2) is 0 Å². The van der Waals surface area contributed by atoms with E-state index < -0.39 is 0 Å². The molecule has 0 aromatic heterocycles. The lowest BCUT2D eigenvalue weighted by atomic mass is 10.1. The average molecular weight is 495 g/mol. The summed E-state index contributed by atoms with van der Waals surface area (Å²) in [4.78, 5) is 26.0. The fourth-order valence-electron chi connectivity index (χ4n) is 3.26. The van der Waals surface area contributed by atoms with Crippen molar-refractivity contribution in [2.24, 2.45) is 0 Å². The maximum atomic E-state index is 12.7. The van der Waals surface area contributed by atoms with Gasteiger partial charge in [-0.05, 0) is 72.3 Å². The number of rotatable bonds is 6. The molecule has 0 aliphatic rings. The van der Waals surface area contributed by atoms with Crippen molar-refractivity contribution in [1.29, 1.82) is 0 Å². The zero-order valence-electron chi connectivity index (χ0n) is 17.6. The van der Waals surface area contributed by atoms with Crippen molar-refractivity contribution in [3.63, 3.8) is 0 Å². The standard InChI is InChI=1S/C26H20Cl2N2O2S/c1-16(25(31)30-21-8-6-17-4-2-3-5-18(17)14-21)33-22-11-9-20(10-12-22)29-26(32)23-13-7-19(27)15-24(23)28/h2-16H,1H3,(H,29,32)(H,30,31). The van der Waals surface area contributed by atoms with E-state index in [1.807, 2.05) is 61.5 Å². The van der Waals surface area contributed by atoms with Crippen molar-refractivity contribution in [3.8, 4) is 0 Å². The van der Waals surface area contributed by atoms with Gasteiger partial charge >= 0.3 is 0 Å². The first-order valence-electron chi connectivity index (χ1n) is 10.2. The molecule has 0 spiro atoms. The van der Waals surface area contributed by atoms with Gasteiger partial charge in [0, 0.05) is 21.3 Å². The van der Waals surface area contributed by atoms with Crippen LogP contribution in [0.1, 0.15) is 17.3 Å². The number of fused-ring (bicyclic) bond motifs is 1. The smallest absolute Gasteiger partial charge is 0.257 e. The molecule has 33 heavy (non-hydrogen) atoms. The molecule has 4 aromatic carbocycles. The van der Waals surface area contributed by atoms with Crippen LogP contribution in [-0.2, 0) is 4.79 Å². The number of benzene rings is 4. The third-order valence-corrected chi connectivity index (χ3v) is 6.65. The zero-order valence-corrected chi connectivity index (χ0v) is 20.0.